The van der Waals surface area contributed by atoms with Gasteiger partial charge in [-0.1, -0.05) is 11.8 Å². The summed E-state index contributed by atoms with van der Waals surface area (Å²) < 4.78 is 31.1. The number of ether oxygens (including phenoxy) is 1. The molecule has 0 bridgehead atoms. The molecule has 2 heterocycles. The van der Waals surface area contributed by atoms with Crippen molar-refractivity contribution < 1.29 is 13.5 Å². The van der Waals surface area contributed by atoms with Crippen molar-refractivity contribution in [3.8, 4) is 5.88 Å². The minimum Gasteiger partial charge on any atom is -0.474 e. The molecule has 0 radical (unpaired) electrons. The highest BCUT2D eigenvalue weighted by Crippen LogP contribution is 2.27. The van der Waals surface area contributed by atoms with Crippen LogP contribution in [0.1, 0.15) is 19.0 Å². The van der Waals surface area contributed by atoms with E-state index in [9.17, 15) is 13.6 Å². The lowest BCUT2D eigenvalue weighted by Crippen LogP contribution is -2.26. The highest BCUT2D eigenvalue weighted by Gasteiger charge is 2.28. The minimum absolute atomic E-state index is 0.0205. The van der Waals surface area contributed by atoms with Crippen LogP contribution in [-0.4, -0.2) is 21.9 Å². The first kappa shape index (κ1) is 11.4. The topological polar surface area (TPSA) is 44.1 Å². The number of thioether (sulfide) groups is 1. The van der Waals surface area contributed by atoms with Crippen molar-refractivity contribution in [3.63, 3.8) is 0 Å². The molecule has 1 aromatic rings. The fourth-order valence-electron chi connectivity index (χ4n) is 1.64. The minimum atomic E-state index is -2.87. The third-order valence-electron chi connectivity index (χ3n) is 2.32. The summed E-state index contributed by atoms with van der Waals surface area (Å²) in [7, 11) is 0. The van der Waals surface area contributed by atoms with Crippen LogP contribution in [0.2, 0.25) is 0 Å². The van der Waals surface area contributed by atoms with Crippen LogP contribution in [0.25, 0.3) is 0 Å². The Hall–Kier alpha value is -1.11. The Morgan fingerprint density at radius 2 is 2.31 bits per heavy atom. The van der Waals surface area contributed by atoms with E-state index in [1.807, 2.05) is 0 Å². The maximum Gasteiger partial charge on any atom is 0.323 e. The lowest BCUT2D eigenvalue weighted by atomic mass is 10.2. The Kier molecular flexibility index (Phi) is 2.88. The predicted molar refractivity (Wildman–Crippen MR) is 55.3 cm³/mol. The van der Waals surface area contributed by atoms with Crippen LogP contribution in [-0.2, 0) is 6.42 Å². The van der Waals surface area contributed by atoms with E-state index in [0.29, 0.717) is 11.0 Å². The molecule has 1 aliphatic rings. The van der Waals surface area contributed by atoms with Crippen molar-refractivity contribution >= 4 is 11.8 Å². The zero-order valence-corrected chi connectivity index (χ0v) is 9.55. The van der Waals surface area contributed by atoms with Gasteiger partial charge in [-0.3, -0.25) is 4.79 Å². The molecule has 0 saturated heterocycles. The molecule has 1 aromatic heterocycles. The molecule has 16 heavy (non-hydrogen) atoms. The van der Waals surface area contributed by atoms with Gasteiger partial charge in [-0.05, 0) is 13.2 Å². The van der Waals surface area contributed by atoms with E-state index in [1.54, 1.807) is 13.2 Å². The first-order valence-corrected chi connectivity index (χ1v) is 5.91. The summed E-state index contributed by atoms with van der Waals surface area (Å²) in [6.45, 7) is -1.10. The molecule has 1 atom stereocenters. The van der Waals surface area contributed by atoms with E-state index in [0.717, 1.165) is 11.8 Å². The first-order chi connectivity index (χ1) is 7.54. The smallest absolute Gasteiger partial charge is 0.323 e. The van der Waals surface area contributed by atoms with Crippen molar-refractivity contribution in [2.45, 2.75) is 31.2 Å². The molecule has 0 amide bonds. The Morgan fingerprint density at radius 1 is 1.62 bits per heavy atom. The van der Waals surface area contributed by atoms with Crippen LogP contribution in [0, 0.1) is 0 Å². The molecule has 1 aliphatic heterocycles. The van der Waals surface area contributed by atoms with Gasteiger partial charge in [0.25, 0.3) is 5.56 Å². The van der Waals surface area contributed by atoms with Crippen molar-refractivity contribution in [1.29, 1.82) is 0 Å². The average Bonchev–Trinajstić information content (AvgIpc) is 2.58. The molecule has 2 rings (SSSR count). The van der Waals surface area contributed by atoms with E-state index in [2.05, 4.69) is 4.98 Å². The Morgan fingerprint density at radius 3 is 2.88 bits per heavy atom. The van der Waals surface area contributed by atoms with Crippen molar-refractivity contribution in [2.75, 3.05) is 6.26 Å². The molecule has 0 aromatic carbocycles. The fraction of sp³-hybridized carbons (Fsp3) is 0.556. The van der Waals surface area contributed by atoms with Gasteiger partial charge in [0.05, 0.1) is 5.56 Å². The van der Waals surface area contributed by atoms with Crippen LogP contribution >= 0.6 is 11.8 Å². The van der Waals surface area contributed by atoms with E-state index < -0.39 is 12.1 Å². The van der Waals surface area contributed by atoms with Gasteiger partial charge >= 0.3 is 6.55 Å². The van der Waals surface area contributed by atoms with Crippen LogP contribution in [0.3, 0.4) is 0 Å². The fourth-order valence-corrected chi connectivity index (χ4v) is 2.17. The van der Waals surface area contributed by atoms with Crippen LogP contribution in [0.15, 0.2) is 9.95 Å². The summed E-state index contributed by atoms with van der Waals surface area (Å²) in [5.74, 6) is 0.193. The van der Waals surface area contributed by atoms with Crippen molar-refractivity contribution in [3.05, 3.63) is 15.9 Å². The molecule has 0 spiro atoms. The van der Waals surface area contributed by atoms with Gasteiger partial charge < -0.3 is 4.74 Å². The molecule has 7 heteroatoms. The van der Waals surface area contributed by atoms with Crippen molar-refractivity contribution in [2.24, 2.45) is 0 Å². The summed E-state index contributed by atoms with van der Waals surface area (Å²) in [5, 5.41) is -0.0205. The lowest BCUT2D eigenvalue weighted by molar-refractivity contribution is 0.0543. The van der Waals surface area contributed by atoms with E-state index in [-0.39, 0.29) is 22.7 Å². The predicted octanol–water partition coefficient (Wildman–Crippen LogP) is 1.68. The number of hydrogen-bond acceptors (Lipinski definition) is 4. The highest BCUT2D eigenvalue weighted by atomic mass is 32.2. The van der Waals surface area contributed by atoms with Gasteiger partial charge in [0.2, 0.25) is 5.88 Å². The monoisotopic (exact) mass is 248 g/mol. The maximum absolute atomic E-state index is 12.7. The number of hydrogen-bond donors (Lipinski definition) is 0. The average molecular weight is 248 g/mol. The van der Waals surface area contributed by atoms with Gasteiger partial charge in [-0.2, -0.15) is 13.8 Å². The second-order valence-corrected chi connectivity index (χ2v) is 4.24. The number of fused-ring (bicyclic) bond motifs is 1. The first-order valence-electron chi connectivity index (χ1n) is 4.68. The quantitative estimate of drug-likeness (QED) is 0.590. The standard InChI is InChI=1S/C9H10F2N2O2S/c1-4-3-5-6(15-4)12-9(16-2)13(7(5)14)8(10)11/h4,8H,3H2,1-2H3. The zero-order chi connectivity index (χ0) is 11.9. The lowest BCUT2D eigenvalue weighted by Gasteiger charge is -2.10. The number of alkyl halides is 2. The summed E-state index contributed by atoms with van der Waals surface area (Å²) in [6, 6.07) is 0. The molecule has 0 N–H and O–H groups in total. The van der Waals surface area contributed by atoms with Crippen LogP contribution < -0.4 is 10.3 Å². The number of halogens is 2. The third kappa shape index (κ3) is 1.68. The molecular weight excluding hydrogens is 238 g/mol. The SMILES string of the molecule is CSc1nc2c(c(=O)n1C(F)F)CC(C)O2. The second-order valence-electron chi connectivity index (χ2n) is 3.47. The molecular formula is C9H10F2N2O2S. The number of rotatable bonds is 2. The Bertz CT molecular complexity index is 475. The Labute approximate surface area is 94.6 Å². The van der Waals surface area contributed by atoms with Crippen LogP contribution in [0.4, 0.5) is 8.78 Å². The molecule has 0 fully saturated rings. The molecule has 0 saturated carbocycles. The van der Waals surface area contributed by atoms with Gasteiger partial charge in [-0.25, -0.2) is 4.57 Å². The second kappa shape index (κ2) is 4.04. The van der Waals surface area contributed by atoms with E-state index in [1.165, 1.54) is 0 Å². The van der Waals surface area contributed by atoms with E-state index in [4.69, 9.17) is 4.74 Å². The summed E-state index contributed by atoms with van der Waals surface area (Å²) >= 11 is 0.997. The number of nitrogens with zero attached hydrogens (tertiary/aromatic N) is 2. The van der Waals surface area contributed by atoms with Crippen molar-refractivity contribution in [1.82, 2.24) is 9.55 Å². The molecule has 4 nitrogen and oxygen atoms in total. The normalized spacial score (nSPS) is 18.7. The van der Waals surface area contributed by atoms with Gasteiger partial charge in [0.15, 0.2) is 5.16 Å². The summed E-state index contributed by atoms with van der Waals surface area (Å²) in [5.41, 5.74) is -0.459. The zero-order valence-electron chi connectivity index (χ0n) is 8.74. The van der Waals surface area contributed by atoms with Gasteiger partial charge in [0, 0.05) is 6.42 Å². The van der Waals surface area contributed by atoms with Gasteiger partial charge in [0.1, 0.15) is 6.10 Å². The number of aromatic nitrogens is 2. The molecule has 88 valence electrons. The highest BCUT2D eigenvalue weighted by molar-refractivity contribution is 7.98. The molecule has 0 aliphatic carbocycles. The van der Waals surface area contributed by atoms with Crippen LogP contribution in [0.5, 0.6) is 5.88 Å². The molecule has 1 unspecified atom stereocenters. The largest absolute Gasteiger partial charge is 0.474 e. The summed E-state index contributed by atoms with van der Waals surface area (Å²) in [6.07, 6.45) is 1.74. The summed E-state index contributed by atoms with van der Waals surface area (Å²) in [4.78, 5) is 15.7. The van der Waals surface area contributed by atoms with Gasteiger partial charge in [-0.15, -0.1) is 0 Å². The van der Waals surface area contributed by atoms with E-state index >= 15 is 0 Å². The third-order valence-corrected chi connectivity index (χ3v) is 2.97. The maximum atomic E-state index is 12.7. The Balaban J connectivity index is 2.64.